The second-order valence-electron chi connectivity index (χ2n) is 7.46. The van der Waals surface area contributed by atoms with Crippen molar-refractivity contribution >= 4 is 10.4 Å². The molecular formula is C20H42O7S. The van der Waals surface area contributed by atoms with Gasteiger partial charge in [-0.3, -0.25) is 4.55 Å². The normalized spacial score (nSPS) is 11.9. The molecule has 0 aliphatic carbocycles. The first-order valence-electron chi connectivity index (χ1n) is 11.2. The molecule has 0 aliphatic heterocycles. The van der Waals surface area contributed by atoms with E-state index in [0.717, 1.165) is 19.3 Å². The Morgan fingerprint density at radius 3 is 1.29 bits per heavy atom. The highest BCUT2D eigenvalue weighted by atomic mass is 32.3. The summed E-state index contributed by atoms with van der Waals surface area (Å²) in [5.41, 5.74) is 0. The lowest BCUT2D eigenvalue weighted by Gasteiger charge is -2.04. The van der Waals surface area contributed by atoms with E-state index in [1.165, 1.54) is 96.3 Å². The van der Waals surface area contributed by atoms with E-state index in [0.29, 0.717) is 0 Å². The fraction of sp³-hybridized carbons (Fsp3) is 1.00. The molecule has 0 amide bonds. The maximum atomic E-state index is 10.1. The van der Waals surface area contributed by atoms with E-state index in [1.54, 1.807) is 0 Å². The molecule has 0 saturated heterocycles. The van der Waals surface area contributed by atoms with Gasteiger partial charge in [-0.25, -0.2) is 4.89 Å². The molecule has 28 heavy (non-hydrogen) atoms. The number of hydrogen-bond acceptors (Lipinski definition) is 6. The molecule has 0 saturated carbocycles. The van der Waals surface area contributed by atoms with Gasteiger partial charge in [-0.15, -0.1) is 0 Å². The monoisotopic (exact) mass is 426 g/mol. The highest BCUT2D eigenvalue weighted by molar-refractivity contribution is 7.80. The van der Waals surface area contributed by atoms with Crippen LogP contribution in [0.25, 0.3) is 0 Å². The molecule has 0 aliphatic rings. The second kappa shape index (κ2) is 21.5. The zero-order chi connectivity index (χ0) is 20.8. The Bertz CT molecular complexity index is 401. The summed E-state index contributed by atoms with van der Waals surface area (Å²) in [4.78, 5) is 4.54. The molecule has 7 nitrogen and oxygen atoms in total. The van der Waals surface area contributed by atoms with Gasteiger partial charge in [0, 0.05) is 0 Å². The summed E-state index contributed by atoms with van der Waals surface area (Å²) in [6.45, 7) is 2.54. The van der Waals surface area contributed by atoms with Crippen molar-refractivity contribution < 1.29 is 32.3 Å². The molecule has 0 aromatic heterocycles. The highest BCUT2D eigenvalue weighted by Gasteiger charge is 2.06. The number of rotatable bonds is 23. The molecule has 0 heterocycles. The first-order valence-corrected chi connectivity index (χ1v) is 12.5. The van der Waals surface area contributed by atoms with E-state index in [1.807, 2.05) is 0 Å². The van der Waals surface area contributed by atoms with Crippen LogP contribution in [0.4, 0.5) is 0 Å². The fourth-order valence-electron chi connectivity index (χ4n) is 3.16. The van der Waals surface area contributed by atoms with Crippen LogP contribution in [0.1, 0.15) is 122 Å². The van der Waals surface area contributed by atoms with E-state index < -0.39 is 10.4 Å². The highest BCUT2D eigenvalue weighted by Crippen LogP contribution is 2.14. The molecule has 0 radical (unpaired) electrons. The molecule has 170 valence electrons. The first kappa shape index (κ1) is 27.8. The van der Waals surface area contributed by atoms with Gasteiger partial charge in [0.25, 0.3) is 0 Å². The molecule has 8 heteroatoms. The Morgan fingerprint density at radius 2 is 0.929 bits per heavy atom. The lowest BCUT2D eigenvalue weighted by atomic mass is 10.0. The van der Waals surface area contributed by atoms with Gasteiger partial charge in [0.15, 0.2) is 0 Å². The molecule has 0 aromatic carbocycles. The summed E-state index contributed by atoms with van der Waals surface area (Å²) in [6.07, 6.45) is 23.5. The van der Waals surface area contributed by atoms with Crippen LogP contribution in [0.2, 0.25) is 0 Å². The lowest BCUT2D eigenvalue weighted by Crippen LogP contribution is -2.06. The van der Waals surface area contributed by atoms with Crippen LogP contribution in [0.5, 0.6) is 0 Å². The third-order valence-corrected chi connectivity index (χ3v) is 5.00. The third kappa shape index (κ3) is 25.8. The van der Waals surface area contributed by atoms with Crippen LogP contribution in [0, 0.1) is 0 Å². The van der Waals surface area contributed by atoms with E-state index in [2.05, 4.69) is 26.2 Å². The van der Waals surface area contributed by atoms with Gasteiger partial charge >= 0.3 is 10.4 Å². The molecule has 0 spiro atoms. The minimum absolute atomic E-state index is 0.271. The van der Waals surface area contributed by atoms with Crippen molar-refractivity contribution in [1.82, 2.24) is 0 Å². The van der Waals surface area contributed by atoms with Crippen molar-refractivity contribution in [2.75, 3.05) is 6.61 Å². The standard InChI is InChI=1S/C20H42O7S/c1-2-3-4-5-6-7-8-9-10-11-12-13-14-15-16-17-18-19-20-24-25-26-27-28(21,22)23/h2-20H2,1H3,(H,21,22,23). The van der Waals surface area contributed by atoms with Crippen LogP contribution in [-0.4, -0.2) is 19.6 Å². The molecule has 0 rings (SSSR count). The maximum absolute atomic E-state index is 10.1. The summed E-state index contributed by atoms with van der Waals surface area (Å²) in [6, 6.07) is 0. The van der Waals surface area contributed by atoms with Crippen molar-refractivity contribution in [3.8, 4) is 0 Å². The van der Waals surface area contributed by atoms with Crippen molar-refractivity contribution in [2.45, 2.75) is 122 Å². The summed E-state index contributed by atoms with van der Waals surface area (Å²) in [5.74, 6) is 0. The van der Waals surface area contributed by atoms with Gasteiger partial charge in [0.05, 0.1) is 6.61 Å². The van der Waals surface area contributed by atoms with Crippen molar-refractivity contribution in [2.24, 2.45) is 0 Å². The summed E-state index contributed by atoms with van der Waals surface area (Å²) in [7, 11) is -4.68. The maximum Gasteiger partial charge on any atom is 0.426 e. The minimum Gasteiger partial charge on any atom is -0.262 e. The predicted molar refractivity (Wildman–Crippen MR) is 110 cm³/mol. The lowest BCUT2D eigenvalue weighted by molar-refractivity contribution is -0.607. The number of unbranched alkanes of at least 4 members (excludes halogenated alkanes) is 17. The molecule has 0 fully saturated rings. The van der Waals surface area contributed by atoms with Gasteiger partial charge < -0.3 is 0 Å². The molecule has 0 atom stereocenters. The Kier molecular flexibility index (Phi) is 21.3. The van der Waals surface area contributed by atoms with E-state index in [-0.39, 0.29) is 6.61 Å². The minimum atomic E-state index is -4.68. The van der Waals surface area contributed by atoms with Gasteiger partial charge in [0.2, 0.25) is 0 Å². The van der Waals surface area contributed by atoms with E-state index in [4.69, 9.17) is 4.55 Å². The van der Waals surface area contributed by atoms with Gasteiger partial charge in [-0.05, 0) is 16.5 Å². The SMILES string of the molecule is CCCCCCCCCCCCCCCCCCCCOOOOS(=O)(=O)O. The molecule has 0 unspecified atom stereocenters. The fourth-order valence-corrected chi connectivity index (χ4v) is 3.26. The zero-order valence-corrected chi connectivity index (χ0v) is 18.6. The Morgan fingerprint density at radius 1 is 0.571 bits per heavy atom. The Balaban J connectivity index is 3.03. The van der Waals surface area contributed by atoms with Crippen molar-refractivity contribution in [1.29, 1.82) is 0 Å². The largest absolute Gasteiger partial charge is 0.426 e. The summed E-state index contributed by atoms with van der Waals surface area (Å²) >= 11 is 0. The van der Waals surface area contributed by atoms with Gasteiger partial charge in [-0.1, -0.05) is 120 Å². The quantitative estimate of drug-likeness (QED) is 0.0847. The first-order chi connectivity index (χ1) is 13.6. The molecular weight excluding hydrogens is 384 g/mol. The topological polar surface area (TPSA) is 91.3 Å². The van der Waals surface area contributed by atoms with Crippen LogP contribution in [0.3, 0.4) is 0 Å². The Hall–Kier alpha value is -0.250. The summed E-state index contributed by atoms with van der Waals surface area (Å²) < 4.78 is 31.8. The summed E-state index contributed by atoms with van der Waals surface area (Å²) in [5, 5.41) is 7.66. The van der Waals surface area contributed by atoms with E-state index >= 15 is 0 Å². The average molecular weight is 427 g/mol. The van der Waals surface area contributed by atoms with Crippen LogP contribution in [0.15, 0.2) is 0 Å². The average Bonchev–Trinajstić information content (AvgIpc) is 2.65. The smallest absolute Gasteiger partial charge is 0.262 e. The predicted octanol–water partition coefficient (Wildman–Crippen LogP) is 6.64. The second-order valence-corrected chi connectivity index (χ2v) is 8.46. The van der Waals surface area contributed by atoms with Crippen LogP contribution >= 0.6 is 0 Å². The van der Waals surface area contributed by atoms with Crippen molar-refractivity contribution in [3.05, 3.63) is 0 Å². The van der Waals surface area contributed by atoms with Gasteiger partial charge in [0.1, 0.15) is 0 Å². The molecule has 0 aromatic rings. The number of hydrogen-bond donors (Lipinski definition) is 1. The van der Waals surface area contributed by atoms with Crippen LogP contribution < -0.4 is 0 Å². The Labute approximate surface area is 172 Å². The van der Waals surface area contributed by atoms with E-state index in [9.17, 15) is 8.42 Å². The van der Waals surface area contributed by atoms with Crippen LogP contribution in [-0.2, 0) is 29.7 Å². The van der Waals surface area contributed by atoms with Gasteiger partial charge in [-0.2, -0.15) is 8.42 Å². The molecule has 0 bridgehead atoms. The zero-order valence-electron chi connectivity index (χ0n) is 17.7. The van der Waals surface area contributed by atoms with Crippen molar-refractivity contribution in [3.63, 3.8) is 0 Å². The third-order valence-electron chi connectivity index (χ3n) is 4.77. The molecule has 1 N–H and O–H groups in total.